The second-order valence-electron chi connectivity index (χ2n) is 6.64. The summed E-state index contributed by atoms with van der Waals surface area (Å²) in [4.78, 5) is 8.50. The molecule has 3 heterocycles. The van der Waals surface area contributed by atoms with Gasteiger partial charge in [-0.15, -0.1) is 11.3 Å². The fourth-order valence-electron chi connectivity index (χ4n) is 3.36. The molecule has 2 fully saturated rings. The van der Waals surface area contributed by atoms with Gasteiger partial charge < -0.3 is 15.4 Å². The van der Waals surface area contributed by atoms with Crippen LogP contribution in [0.25, 0.3) is 0 Å². The van der Waals surface area contributed by atoms with Crippen LogP contribution in [0.3, 0.4) is 0 Å². The van der Waals surface area contributed by atoms with Crippen LogP contribution in [-0.2, 0) is 14.6 Å². The fraction of sp³-hybridized carbons (Fsp3) is 0.706. The molecular formula is C17H28N4O3S2. The lowest BCUT2D eigenvalue weighted by molar-refractivity contribution is 0.0186. The summed E-state index contributed by atoms with van der Waals surface area (Å²) in [5, 5.41) is 8.64. The number of morpholine rings is 1. The van der Waals surface area contributed by atoms with Crippen LogP contribution in [0.15, 0.2) is 22.5 Å². The van der Waals surface area contributed by atoms with Crippen molar-refractivity contribution in [2.24, 2.45) is 4.99 Å². The first-order valence-corrected chi connectivity index (χ1v) is 11.9. The second-order valence-corrected chi connectivity index (χ2v) is 9.85. The smallest absolute Gasteiger partial charge is 0.191 e. The van der Waals surface area contributed by atoms with Crippen molar-refractivity contribution in [3.8, 4) is 0 Å². The summed E-state index contributed by atoms with van der Waals surface area (Å²) >= 11 is 1.75. The van der Waals surface area contributed by atoms with Gasteiger partial charge >= 0.3 is 0 Å². The Morgan fingerprint density at radius 2 is 2.27 bits per heavy atom. The topological polar surface area (TPSA) is 83.0 Å². The molecule has 0 aromatic carbocycles. The third kappa shape index (κ3) is 5.42. The predicted octanol–water partition coefficient (Wildman–Crippen LogP) is 0.864. The highest BCUT2D eigenvalue weighted by Gasteiger charge is 2.29. The highest BCUT2D eigenvalue weighted by Crippen LogP contribution is 2.26. The molecule has 0 saturated carbocycles. The number of nitrogens with zero attached hydrogens (tertiary/aromatic N) is 2. The summed E-state index contributed by atoms with van der Waals surface area (Å²) in [6.07, 6.45) is 0.643. The van der Waals surface area contributed by atoms with Crippen LogP contribution in [0.2, 0.25) is 0 Å². The number of hydrogen-bond donors (Lipinski definition) is 2. The van der Waals surface area contributed by atoms with Crippen LogP contribution in [-0.4, -0.2) is 76.2 Å². The quantitative estimate of drug-likeness (QED) is 0.545. The minimum absolute atomic E-state index is 0.0543. The summed E-state index contributed by atoms with van der Waals surface area (Å²) in [5.41, 5.74) is 0. The first kappa shape index (κ1) is 19.6. The van der Waals surface area contributed by atoms with E-state index in [-0.39, 0.29) is 23.6 Å². The summed E-state index contributed by atoms with van der Waals surface area (Å²) in [6.45, 7) is 6.71. The molecule has 0 radical (unpaired) electrons. The molecule has 1 aromatic heterocycles. The average molecular weight is 401 g/mol. The van der Waals surface area contributed by atoms with Crippen LogP contribution < -0.4 is 10.6 Å². The van der Waals surface area contributed by atoms with Gasteiger partial charge in [-0.05, 0) is 24.8 Å². The van der Waals surface area contributed by atoms with Crippen molar-refractivity contribution in [3.05, 3.63) is 22.4 Å². The van der Waals surface area contributed by atoms with Crippen molar-refractivity contribution in [3.63, 3.8) is 0 Å². The van der Waals surface area contributed by atoms with E-state index < -0.39 is 9.84 Å². The Balaban J connectivity index is 1.68. The van der Waals surface area contributed by atoms with Crippen molar-refractivity contribution < 1.29 is 13.2 Å². The summed E-state index contributed by atoms with van der Waals surface area (Å²) in [6, 6.07) is 4.40. The minimum Gasteiger partial charge on any atom is -0.379 e. The number of rotatable bonds is 6. The number of nitrogens with one attached hydrogen (secondary N) is 2. The van der Waals surface area contributed by atoms with Gasteiger partial charge in [-0.3, -0.25) is 9.89 Å². The van der Waals surface area contributed by atoms with Crippen LogP contribution in [0.5, 0.6) is 0 Å². The third-order valence-corrected chi connectivity index (χ3v) is 7.44. The first-order valence-electron chi connectivity index (χ1n) is 9.18. The minimum atomic E-state index is -2.91. The van der Waals surface area contributed by atoms with E-state index in [2.05, 4.69) is 33.0 Å². The van der Waals surface area contributed by atoms with Crippen molar-refractivity contribution in [2.45, 2.75) is 25.4 Å². The number of aliphatic imine (C=N–C) groups is 1. The normalized spacial score (nSPS) is 25.1. The Bertz CT molecular complexity index is 685. The van der Waals surface area contributed by atoms with Gasteiger partial charge in [-0.1, -0.05) is 6.07 Å². The fourth-order valence-corrected chi connectivity index (χ4v) is 5.88. The molecule has 146 valence electrons. The van der Waals surface area contributed by atoms with Crippen molar-refractivity contribution in [1.82, 2.24) is 15.5 Å². The Morgan fingerprint density at radius 3 is 2.88 bits per heavy atom. The molecule has 2 unspecified atom stereocenters. The van der Waals surface area contributed by atoms with Crippen LogP contribution in [0.4, 0.5) is 0 Å². The summed E-state index contributed by atoms with van der Waals surface area (Å²) in [5.74, 6) is 1.15. The van der Waals surface area contributed by atoms with E-state index in [0.29, 0.717) is 18.9 Å². The average Bonchev–Trinajstić information content (AvgIpc) is 3.26. The van der Waals surface area contributed by atoms with Gasteiger partial charge in [0.25, 0.3) is 0 Å². The number of thiophene rings is 1. The predicted molar refractivity (Wildman–Crippen MR) is 106 cm³/mol. The molecule has 26 heavy (non-hydrogen) atoms. The van der Waals surface area contributed by atoms with Crippen LogP contribution >= 0.6 is 11.3 Å². The number of sulfone groups is 1. The van der Waals surface area contributed by atoms with E-state index in [1.165, 1.54) is 4.88 Å². The molecular weight excluding hydrogens is 372 g/mol. The number of ether oxygens (including phenoxy) is 1. The molecule has 0 bridgehead atoms. The highest BCUT2D eigenvalue weighted by molar-refractivity contribution is 7.91. The van der Waals surface area contributed by atoms with E-state index in [1.807, 2.05) is 6.92 Å². The van der Waals surface area contributed by atoms with Gasteiger partial charge in [-0.25, -0.2) is 8.42 Å². The van der Waals surface area contributed by atoms with Gasteiger partial charge in [0.1, 0.15) is 0 Å². The zero-order chi connectivity index (χ0) is 18.4. The Labute approximate surface area is 159 Å². The monoisotopic (exact) mass is 400 g/mol. The SMILES string of the molecule is CCNC(=NCC(c1cccs1)N1CCOCC1)NC1CCS(=O)(=O)C1. The molecule has 2 aliphatic heterocycles. The molecule has 0 amide bonds. The maximum atomic E-state index is 11.7. The lowest BCUT2D eigenvalue weighted by atomic mass is 10.2. The Morgan fingerprint density at radius 1 is 1.46 bits per heavy atom. The van der Waals surface area contributed by atoms with E-state index in [9.17, 15) is 8.42 Å². The number of guanidine groups is 1. The van der Waals surface area contributed by atoms with Gasteiger partial charge in [0.2, 0.25) is 0 Å². The lowest BCUT2D eigenvalue weighted by Gasteiger charge is -2.33. The van der Waals surface area contributed by atoms with Crippen molar-refractivity contribution in [2.75, 3.05) is 50.9 Å². The maximum Gasteiger partial charge on any atom is 0.191 e. The number of hydrogen-bond acceptors (Lipinski definition) is 6. The zero-order valence-corrected chi connectivity index (χ0v) is 16.8. The van der Waals surface area contributed by atoms with Gasteiger partial charge in [0.05, 0.1) is 37.3 Å². The molecule has 2 saturated heterocycles. The Kier molecular flexibility index (Phi) is 6.91. The molecule has 0 spiro atoms. The molecule has 9 heteroatoms. The van der Waals surface area contributed by atoms with Crippen LogP contribution in [0.1, 0.15) is 24.3 Å². The van der Waals surface area contributed by atoms with E-state index in [4.69, 9.17) is 9.73 Å². The molecule has 0 aliphatic carbocycles. The van der Waals surface area contributed by atoms with Crippen LogP contribution in [0, 0.1) is 0 Å². The summed E-state index contributed by atoms with van der Waals surface area (Å²) in [7, 11) is -2.91. The molecule has 2 atom stereocenters. The largest absolute Gasteiger partial charge is 0.379 e. The molecule has 1 aromatic rings. The highest BCUT2D eigenvalue weighted by atomic mass is 32.2. The van der Waals surface area contributed by atoms with E-state index in [0.717, 1.165) is 32.8 Å². The standard InChI is InChI=1S/C17H28N4O3S2/c1-2-18-17(20-14-5-11-26(22,23)13-14)19-12-15(16-4-3-10-25-16)21-6-8-24-9-7-21/h3-4,10,14-15H,2,5-9,11-13H2,1H3,(H2,18,19,20). The van der Waals surface area contributed by atoms with Gasteiger partial charge in [0, 0.05) is 30.6 Å². The van der Waals surface area contributed by atoms with E-state index >= 15 is 0 Å². The molecule has 2 N–H and O–H groups in total. The Hall–Kier alpha value is -1.16. The van der Waals surface area contributed by atoms with Crippen molar-refractivity contribution >= 4 is 27.1 Å². The maximum absolute atomic E-state index is 11.7. The molecule has 7 nitrogen and oxygen atoms in total. The summed E-state index contributed by atoms with van der Waals surface area (Å²) < 4.78 is 28.9. The van der Waals surface area contributed by atoms with Crippen molar-refractivity contribution in [1.29, 1.82) is 0 Å². The third-order valence-electron chi connectivity index (χ3n) is 4.70. The molecule has 2 aliphatic rings. The zero-order valence-electron chi connectivity index (χ0n) is 15.2. The second kappa shape index (κ2) is 9.16. The van der Waals surface area contributed by atoms with E-state index in [1.54, 1.807) is 11.3 Å². The van der Waals surface area contributed by atoms with Gasteiger partial charge in [-0.2, -0.15) is 0 Å². The van der Waals surface area contributed by atoms with Gasteiger partial charge in [0.15, 0.2) is 15.8 Å². The first-order chi connectivity index (χ1) is 12.6. The molecule has 3 rings (SSSR count). The lowest BCUT2D eigenvalue weighted by Crippen LogP contribution is -2.45.